The summed E-state index contributed by atoms with van der Waals surface area (Å²) in [6.45, 7) is 1.85. The first-order valence-electron chi connectivity index (χ1n) is 8.05. The van der Waals surface area contributed by atoms with Crippen LogP contribution in [-0.2, 0) is 0 Å². The second-order valence-electron chi connectivity index (χ2n) is 6.09. The third kappa shape index (κ3) is 2.93. The van der Waals surface area contributed by atoms with Gasteiger partial charge in [-0.3, -0.25) is 4.98 Å². The summed E-state index contributed by atoms with van der Waals surface area (Å²) in [5, 5.41) is 23.0. The van der Waals surface area contributed by atoms with Crippen LogP contribution in [0.4, 0.5) is 11.5 Å². The highest BCUT2D eigenvalue weighted by atomic mass is 16.4. The first kappa shape index (κ1) is 16.5. The second kappa shape index (κ2) is 6.10. The number of nitrogens with zero attached hydrogens (tertiary/aromatic N) is 2. The first-order valence-corrected chi connectivity index (χ1v) is 8.05. The number of pyridine rings is 2. The summed E-state index contributed by atoms with van der Waals surface area (Å²) in [5.41, 5.74) is 2.69. The van der Waals surface area contributed by atoms with Crippen LogP contribution in [0.2, 0.25) is 0 Å². The van der Waals surface area contributed by atoms with E-state index >= 15 is 0 Å². The predicted molar refractivity (Wildman–Crippen MR) is 99.8 cm³/mol. The van der Waals surface area contributed by atoms with Gasteiger partial charge in [-0.2, -0.15) is 0 Å². The van der Waals surface area contributed by atoms with Gasteiger partial charge < -0.3 is 20.5 Å². The van der Waals surface area contributed by atoms with Gasteiger partial charge in [0, 0.05) is 28.4 Å². The molecule has 1 aromatic carbocycles. The minimum absolute atomic E-state index is 0.0237. The molecule has 0 aliphatic heterocycles. The van der Waals surface area contributed by atoms with E-state index in [0.717, 1.165) is 11.4 Å². The van der Waals surface area contributed by atoms with Crippen molar-refractivity contribution in [2.24, 2.45) is 0 Å². The maximum Gasteiger partial charge on any atom is 0.352 e. The van der Waals surface area contributed by atoms with Crippen LogP contribution in [0.3, 0.4) is 0 Å². The van der Waals surface area contributed by atoms with E-state index < -0.39 is 11.9 Å². The Hall–Kier alpha value is -3.94. The molecule has 4 aromatic rings. The van der Waals surface area contributed by atoms with Crippen LogP contribution in [0.1, 0.15) is 26.5 Å². The number of H-pyrrole nitrogens is 1. The van der Waals surface area contributed by atoms with E-state index in [9.17, 15) is 19.8 Å². The number of aryl methyl sites for hydroxylation is 1. The average Bonchev–Trinajstić information content (AvgIpc) is 3.07. The highest BCUT2D eigenvalue weighted by Crippen LogP contribution is 2.32. The van der Waals surface area contributed by atoms with E-state index in [4.69, 9.17) is 0 Å². The Kier molecular flexibility index (Phi) is 3.73. The van der Waals surface area contributed by atoms with Gasteiger partial charge in [-0.15, -0.1) is 0 Å². The van der Waals surface area contributed by atoms with Crippen molar-refractivity contribution >= 4 is 45.2 Å². The topological polar surface area (TPSA) is 128 Å². The number of nitrogens with one attached hydrogen (secondary N) is 2. The summed E-state index contributed by atoms with van der Waals surface area (Å²) in [6, 6.07) is 9.65. The largest absolute Gasteiger partial charge is 0.478 e. The molecule has 0 amide bonds. The molecule has 0 bridgehead atoms. The molecule has 0 radical (unpaired) electrons. The molecule has 0 saturated carbocycles. The Bertz CT molecular complexity index is 1230. The second-order valence-corrected chi connectivity index (χ2v) is 6.09. The van der Waals surface area contributed by atoms with Gasteiger partial charge in [0.1, 0.15) is 11.5 Å². The number of carboxylic acid groups (broad SMARTS) is 2. The molecule has 8 heteroatoms. The Morgan fingerprint density at radius 2 is 1.85 bits per heavy atom. The number of carboxylic acids is 2. The fourth-order valence-electron chi connectivity index (χ4n) is 2.97. The van der Waals surface area contributed by atoms with E-state index in [1.54, 1.807) is 18.3 Å². The molecule has 8 nitrogen and oxygen atoms in total. The fraction of sp³-hybridized carbons (Fsp3) is 0.0526. The monoisotopic (exact) mass is 362 g/mol. The average molecular weight is 362 g/mol. The van der Waals surface area contributed by atoms with Crippen LogP contribution in [-0.4, -0.2) is 37.1 Å². The van der Waals surface area contributed by atoms with Crippen LogP contribution in [0.15, 0.2) is 42.6 Å². The normalized spacial score (nSPS) is 11.0. The lowest BCUT2D eigenvalue weighted by atomic mass is 10.1. The number of carbonyl (C=O) groups is 2. The standard InChI is InChI=1S/C19H14N4O4/c1-9-6-11(4-5-20-9)21-17-13-8-15(19(26)27)22-16(13)12-3-2-10(18(24)25)7-14(12)23-17/h2-8,22H,1H3,(H,24,25)(H,26,27)(H,20,21,23). The highest BCUT2D eigenvalue weighted by molar-refractivity contribution is 6.12. The third-order valence-corrected chi connectivity index (χ3v) is 4.21. The van der Waals surface area contributed by atoms with Gasteiger partial charge >= 0.3 is 11.9 Å². The Morgan fingerprint density at radius 1 is 1.04 bits per heavy atom. The molecule has 0 spiro atoms. The van der Waals surface area contributed by atoms with Crippen LogP contribution in [0, 0.1) is 6.92 Å². The van der Waals surface area contributed by atoms with Crippen LogP contribution in [0.25, 0.3) is 21.8 Å². The molecule has 3 heterocycles. The van der Waals surface area contributed by atoms with Crippen molar-refractivity contribution in [2.45, 2.75) is 6.92 Å². The van der Waals surface area contributed by atoms with E-state index in [2.05, 4.69) is 20.3 Å². The van der Waals surface area contributed by atoms with E-state index in [1.165, 1.54) is 18.2 Å². The molecular weight excluding hydrogens is 348 g/mol. The minimum Gasteiger partial charge on any atom is -0.478 e. The first-order chi connectivity index (χ1) is 12.9. The summed E-state index contributed by atoms with van der Waals surface area (Å²) < 4.78 is 0. The number of fused-ring (bicyclic) bond motifs is 3. The number of hydrogen-bond donors (Lipinski definition) is 4. The number of rotatable bonds is 4. The van der Waals surface area contributed by atoms with Crippen molar-refractivity contribution in [2.75, 3.05) is 5.32 Å². The van der Waals surface area contributed by atoms with Crippen LogP contribution >= 0.6 is 0 Å². The zero-order valence-electron chi connectivity index (χ0n) is 14.1. The zero-order valence-corrected chi connectivity index (χ0v) is 14.1. The number of anilines is 2. The summed E-state index contributed by atoms with van der Waals surface area (Å²) in [5.74, 6) is -1.72. The molecule has 4 rings (SSSR count). The van der Waals surface area contributed by atoms with Crippen molar-refractivity contribution in [1.82, 2.24) is 15.0 Å². The predicted octanol–water partition coefficient (Wildman–Crippen LogP) is 3.56. The molecule has 0 atom stereocenters. The molecular formula is C19H14N4O4. The molecule has 0 aliphatic rings. The number of benzene rings is 1. The third-order valence-electron chi connectivity index (χ3n) is 4.21. The summed E-state index contributed by atoms with van der Waals surface area (Å²) in [4.78, 5) is 34.2. The van der Waals surface area contributed by atoms with Gasteiger partial charge in [-0.1, -0.05) is 0 Å². The molecule has 0 fully saturated rings. The maximum atomic E-state index is 11.4. The van der Waals surface area contributed by atoms with Crippen molar-refractivity contribution in [1.29, 1.82) is 0 Å². The smallest absolute Gasteiger partial charge is 0.352 e. The van der Waals surface area contributed by atoms with Crippen molar-refractivity contribution in [3.05, 3.63) is 59.5 Å². The van der Waals surface area contributed by atoms with E-state index in [0.29, 0.717) is 27.6 Å². The van der Waals surface area contributed by atoms with Gasteiger partial charge in [0.15, 0.2) is 0 Å². The number of aromatic carboxylic acids is 2. The number of aromatic amines is 1. The molecule has 134 valence electrons. The van der Waals surface area contributed by atoms with Gasteiger partial charge in [0.05, 0.1) is 16.6 Å². The maximum absolute atomic E-state index is 11.4. The molecule has 0 saturated heterocycles. The van der Waals surface area contributed by atoms with Crippen molar-refractivity contribution in [3.8, 4) is 0 Å². The lowest BCUT2D eigenvalue weighted by Crippen LogP contribution is -1.99. The van der Waals surface area contributed by atoms with E-state index in [1.807, 2.05) is 13.0 Å². The fourth-order valence-corrected chi connectivity index (χ4v) is 2.97. The van der Waals surface area contributed by atoms with Gasteiger partial charge in [-0.25, -0.2) is 14.6 Å². The Balaban J connectivity index is 1.98. The quantitative estimate of drug-likeness (QED) is 0.437. The number of aromatic nitrogens is 3. The SMILES string of the molecule is Cc1cc(Nc2nc3cc(C(=O)O)ccc3c3[nH]c(C(=O)O)cc23)ccn1. The summed E-state index contributed by atoms with van der Waals surface area (Å²) in [7, 11) is 0. The van der Waals surface area contributed by atoms with Crippen LogP contribution in [0.5, 0.6) is 0 Å². The summed E-state index contributed by atoms with van der Waals surface area (Å²) in [6.07, 6.45) is 1.65. The highest BCUT2D eigenvalue weighted by Gasteiger charge is 2.16. The molecule has 3 aromatic heterocycles. The van der Waals surface area contributed by atoms with E-state index in [-0.39, 0.29) is 11.3 Å². The van der Waals surface area contributed by atoms with Crippen LogP contribution < -0.4 is 5.32 Å². The lowest BCUT2D eigenvalue weighted by molar-refractivity contribution is 0.0683. The summed E-state index contributed by atoms with van der Waals surface area (Å²) >= 11 is 0. The van der Waals surface area contributed by atoms with Gasteiger partial charge in [0.25, 0.3) is 0 Å². The zero-order chi connectivity index (χ0) is 19.1. The Labute approximate surface area is 152 Å². The minimum atomic E-state index is -1.09. The molecule has 0 aliphatic carbocycles. The molecule has 4 N–H and O–H groups in total. The Morgan fingerprint density at radius 3 is 2.56 bits per heavy atom. The van der Waals surface area contributed by atoms with Crippen molar-refractivity contribution in [3.63, 3.8) is 0 Å². The lowest BCUT2D eigenvalue weighted by Gasteiger charge is -2.10. The number of hydrogen-bond acceptors (Lipinski definition) is 5. The molecule has 27 heavy (non-hydrogen) atoms. The molecule has 0 unspecified atom stereocenters. The van der Waals surface area contributed by atoms with Gasteiger partial charge in [0.2, 0.25) is 0 Å². The van der Waals surface area contributed by atoms with Crippen molar-refractivity contribution < 1.29 is 19.8 Å². The van der Waals surface area contributed by atoms with Gasteiger partial charge in [-0.05, 0) is 43.3 Å².